The minimum Gasteiger partial charge on any atom is -0.444 e. The van der Waals surface area contributed by atoms with Gasteiger partial charge in [-0.1, -0.05) is 0 Å². The minimum atomic E-state index is -0.545. The number of pyridine rings is 1. The zero-order valence-electron chi connectivity index (χ0n) is 15.9. The lowest BCUT2D eigenvalue weighted by atomic mass is 10.0. The normalized spacial score (nSPS) is 18.3. The third-order valence-corrected chi connectivity index (χ3v) is 5.31. The number of carbonyl (C=O) groups is 2. The Balaban J connectivity index is 1.66. The van der Waals surface area contributed by atoms with E-state index >= 15 is 0 Å². The van der Waals surface area contributed by atoms with Crippen molar-refractivity contribution in [2.45, 2.75) is 64.1 Å². The Hall–Kier alpha value is -1.70. The molecule has 2 heterocycles. The van der Waals surface area contributed by atoms with Crippen LogP contribution in [0.25, 0.3) is 0 Å². The van der Waals surface area contributed by atoms with Gasteiger partial charge in [0.05, 0.1) is 5.56 Å². The van der Waals surface area contributed by atoms with Gasteiger partial charge >= 0.3 is 6.09 Å². The fourth-order valence-electron chi connectivity index (χ4n) is 3.32. The Morgan fingerprint density at radius 2 is 1.81 bits per heavy atom. The van der Waals surface area contributed by atoms with Gasteiger partial charge in [0.15, 0.2) is 5.82 Å². The van der Waals surface area contributed by atoms with Gasteiger partial charge in [-0.05, 0) is 68.5 Å². The first-order valence-electron chi connectivity index (χ1n) is 9.27. The number of likely N-dealkylation sites (tertiary alicyclic amines) is 1. The van der Waals surface area contributed by atoms with Crippen molar-refractivity contribution in [2.24, 2.45) is 0 Å². The van der Waals surface area contributed by atoms with Crippen LogP contribution in [0, 0.1) is 5.82 Å². The molecule has 8 heteroatoms. The summed E-state index contributed by atoms with van der Waals surface area (Å²) >= 11 is 3.01. The molecule has 1 saturated heterocycles. The number of hydrogen-bond donors (Lipinski definition) is 0. The van der Waals surface area contributed by atoms with Crippen LogP contribution in [0.5, 0.6) is 0 Å². The van der Waals surface area contributed by atoms with Gasteiger partial charge in [0.25, 0.3) is 5.91 Å². The van der Waals surface area contributed by atoms with Crippen LogP contribution >= 0.6 is 15.9 Å². The van der Waals surface area contributed by atoms with Crippen molar-refractivity contribution >= 4 is 27.9 Å². The number of carbonyl (C=O) groups excluding carboxylic acids is 2. The molecule has 148 valence electrons. The van der Waals surface area contributed by atoms with Crippen molar-refractivity contribution < 1.29 is 18.7 Å². The van der Waals surface area contributed by atoms with Crippen LogP contribution in [-0.2, 0) is 4.74 Å². The van der Waals surface area contributed by atoms with Crippen LogP contribution in [0.2, 0.25) is 0 Å². The Labute approximate surface area is 167 Å². The highest BCUT2D eigenvalue weighted by atomic mass is 79.9. The fraction of sp³-hybridized carbons (Fsp3) is 0.632. The summed E-state index contributed by atoms with van der Waals surface area (Å²) in [5, 5.41) is 0. The molecule has 0 aromatic carbocycles. The Morgan fingerprint density at radius 1 is 1.22 bits per heavy atom. The molecule has 2 amide bonds. The molecule has 0 spiro atoms. The second kappa shape index (κ2) is 7.73. The largest absolute Gasteiger partial charge is 0.444 e. The van der Waals surface area contributed by atoms with Gasteiger partial charge in [-0.25, -0.2) is 14.2 Å². The van der Waals surface area contributed by atoms with E-state index in [1.54, 1.807) is 4.90 Å². The number of hydrogen-bond acceptors (Lipinski definition) is 4. The van der Waals surface area contributed by atoms with Crippen molar-refractivity contribution in [3.8, 4) is 0 Å². The van der Waals surface area contributed by atoms with Crippen LogP contribution in [0.15, 0.2) is 16.9 Å². The van der Waals surface area contributed by atoms with Crippen LogP contribution in [-0.4, -0.2) is 57.6 Å². The molecule has 0 unspecified atom stereocenters. The number of nitrogens with zero attached hydrogens (tertiary/aromatic N) is 3. The maximum atomic E-state index is 13.8. The first-order chi connectivity index (χ1) is 12.7. The molecular formula is C19H25BrFN3O3. The standard InChI is InChI=1S/C19H25BrFN3O3/c1-19(2,3)27-18(26)23-8-6-14(7-9-23)24(13-4-5-13)17(25)12-10-15(21)16(20)22-11-12/h10-11,13-14H,4-9H2,1-3H3. The predicted octanol–water partition coefficient (Wildman–Crippen LogP) is 3.99. The van der Waals surface area contributed by atoms with Crippen LogP contribution in [0.4, 0.5) is 9.18 Å². The summed E-state index contributed by atoms with van der Waals surface area (Å²) in [4.78, 5) is 32.7. The molecule has 0 atom stereocenters. The molecule has 27 heavy (non-hydrogen) atoms. The number of amides is 2. The summed E-state index contributed by atoms with van der Waals surface area (Å²) in [7, 11) is 0. The molecule has 0 N–H and O–H groups in total. The molecule has 1 aliphatic carbocycles. The lowest BCUT2D eigenvalue weighted by molar-refractivity contribution is 0.0142. The third kappa shape index (κ3) is 4.97. The van der Waals surface area contributed by atoms with Gasteiger partial charge in [-0.15, -0.1) is 0 Å². The Bertz CT molecular complexity index is 725. The fourth-order valence-corrected chi connectivity index (χ4v) is 3.54. The summed E-state index contributed by atoms with van der Waals surface area (Å²) < 4.78 is 19.3. The molecule has 0 radical (unpaired) electrons. The van der Waals surface area contributed by atoms with E-state index in [9.17, 15) is 14.0 Å². The van der Waals surface area contributed by atoms with Crippen LogP contribution in [0.1, 0.15) is 56.8 Å². The highest BCUT2D eigenvalue weighted by Crippen LogP contribution is 2.33. The molecular weight excluding hydrogens is 417 g/mol. The van der Waals surface area contributed by atoms with E-state index in [1.807, 2.05) is 25.7 Å². The zero-order chi connectivity index (χ0) is 19.8. The number of ether oxygens (including phenoxy) is 1. The summed E-state index contributed by atoms with van der Waals surface area (Å²) in [5.41, 5.74) is -0.264. The van der Waals surface area contributed by atoms with E-state index in [0.717, 1.165) is 12.8 Å². The van der Waals surface area contributed by atoms with Gasteiger partial charge in [0, 0.05) is 31.4 Å². The average molecular weight is 442 g/mol. The number of rotatable bonds is 3. The van der Waals surface area contributed by atoms with Crippen molar-refractivity contribution in [1.29, 1.82) is 0 Å². The van der Waals surface area contributed by atoms with E-state index in [-0.39, 0.29) is 34.3 Å². The van der Waals surface area contributed by atoms with E-state index < -0.39 is 11.4 Å². The van der Waals surface area contributed by atoms with Gasteiger partial charge in [0.1, 0.15) is 10.2 Å². The summed E-state index contributed by atoms with van der Waals surface area (Å²) in [6.07, 6.45) is 4.39. The van der Waals surface area contributed by atoms with Crippen LogP contribution < -0.4 is 0 Å². The molecule has 0 bridgehead atoms. The second-order valence-corrected chi connectivity index (χ2v) is 8.89. The van der Waals surface area contributed by atoms with E-state index in [0.29, 0.717) is 25.9 Å². The van der Waals surface area contributed by atoms with Gasteiger partial charge < -0.3 is 14.5 Å². The predicted molar refractivity (Wildman–Crippen MR) is 102 cm³/mol. The van der Waals surface area contributed by atoms with Gasteiger partial charge in [-0.2, -0.15) is 0 Å². The lowest BCUT2D eigenvalue weighted by Gasteiger charge is -2.39. The molecule has 2 aliphatic rings. The summed E-state index contributed by atoms with van der Waals surface area (Å²) in [5.74, 6) is -0.733. The van der Waals surface area contributed by atoms with Crippen molar-refractivity contribution in [1.82, 2.24) is 14.8 Å². The molecule has 3 rings (SSSR count). The van der Waals surface area contributed by atoms with Crippen molar-refractivity contribution in [3.63, 3.8) is 0 Å². The molecule has 1 saturated carbocycles. The Morgan fingerprint density at radius 3 is 2.33 bits per heavy atom. The Kier molecular flexibility index (Phi) is 5.74. The first kappa shape index (κ1) is 20.0. The molecule has 6 nitrogen and oxygen atoms in total. The number of piperidine rings is 1. The quantitative estimate of drug-likeness (QED) is 0.665. The van der Waals surface area contributed by atoms with E-state index in [4.69, 9.17) is 4.74 Å². The van der Waals surface area contributed by atoms with E-state index in [1.165, 1.54) is 12.3 Å². The first-order valence-corrected chi connectivity index (χ1v) is 10.1. The highest BCUT2D eigenvalue weighted by molar-refractivity contribution is 9.10. The summed E-state index contributed by atoms with van der Waals surface area (Å²) in [6, 6.07) is 1.46. The molecule has 2 fully saturated rings. The molecule has 1 aliphatic heterocycles. The molecule has 1 aromatic heterocycles. The zero-order valence-corrected chi connectivity index (χ0v) is 17.5. The van der Waals surface area contributed by atoms with Crippen molar-refractivity contribution in [3.05, 3.63) is 28.2 Å². The van der Waals surface area contributed by atoms with E-state index in [2.05, 4.69) is 20.9 Å². The topological polar surface area (TPSA) is 62.7 Å². The second-order valence-electron chi connectivity index (χ2n) is 8.14. The third-order valence-electron chi connectivity index (χ3n) is 4.73. The van der Waals surface area contributed by atoms with Gasteiger partial charge in [0.2, 0.25) is 0 Å². The monoisotopic (exact) mass is 441 g/mol. The highest BCUT2D eigenvalue weighted by Gasteiger charge is 2.40. The van der Waals surface area contributed by atoms with Crippen molar-refractivity contribution in [2.75, 3.05) is 13.1 Å². The average Bonchev–Trinajstić information content (AvgIpc) is 3.41. The number of aromatic nitrogens is 1. The summed E-state index contributed by atoms with van der Waals surface area (Å²) in [6.45, 7) is 6.62. The minimum absolute atomic E-state index is 0.0374. The maximum absolute atomic E-state index is 13.8. The van der Waals surface area contributed by atoms with Crippen LogP contribution in [0.3, 0.4) is 0 Å². The molecule has 1 aromatic rings. The maximum Gasteiger partial charge on any atom is 0.410 e. The lowest BCUT2D eigenvalue weighted by Crippen LogP contribution is -2.50. The van der Waals surface area contributed by atoms with Gasteiger partial charge in [-0.3, -0.25) is 4.79 Å². The smallest absolute Gasteiger partial charge is 0.410 e. The SMILES string of the molecule is CC(C)(C)OC(=O)N1CCC(N(C(=O)c2cnc(Br)c(F)c2)C2CC2)CC1. The number of halogens is 2.